The smallest absolute Gasteiger partial charge is 0.183 e. The standard InChI is InChI=1S/C11H19NO/c1-7-10(8-2)11(5,12-6)13-9(3)4/h7-8,12H,1,3H2,2,4-6H3/b10-8+. The summed E-state index contributed by atoms with van der Waals surface area (Å²) in [7, 11) is 1.84. The molecule has 0 aromatic heterocycles. The van der Waals surface area contributed by atoms with Crippen molar-refractivity contribution in [1.29, 1.82) is 0 Å². The SMILES string of the molecule is C=C/C(=C\C)C(C)(NC)OC(=C)C. The van der Waals surface area contributed by atoms with E-state index in [0.717, 1.165) is 5.57 Å². The molecule has 0 aliphatic carbocycles. The first-order chi connectivity index (χ1) is 6.00. The van der Waals surface area contributed by atoms with E-state index in [1.807, 2.05) is 33.9 Å². The maximum atomic E-state index is 5.59. The van der Waals surface area contributed by atoms with Crippen LogP contribution >= 0.6 is 0 Å². The first kappa shape index (κ1) is 12.0. The highest BCUT2D eigenvalue weighted by Gasteiger charge is 2.26. The van der Waals surface area contributed by atoms with Gasteiger partial charge in [0, 0.05) is 5.57 Å². The van der Waals surface area contributed by atoms with Crippen molar-refractivity contribution in [2.75, 3.05) is 7.05 Å². The molecule has 0 aromatic rings. The van der Waals surface area contributed by atoms with Crippen molar-refractivity contribution in [3.8, 4) is 0 Å². The molecule has 0 rings (SSSR count). The molecule has 0 saturated heterocycles. The van der Waals surface area contributed by atoms with Crippen molar-refractivity contribution >= 4 is 0 Å². The normalized spacial score (nSPS) is 16.2. The zero-order valence-electron chi connectivity index (χ0n) is 8.98. The van der Waals surface area contributed by atoms with Crippen LogP contribution in [0.25, 0.3) is 0 Å². The van der Waals surface area contributed by atoms with Gasteiger partial charge in [-0.3, -0.25) is 5.32 Å². The van der Waals surface area contributed by atoms with Gasteiger partial charge < -0.3 is 4.74 Å². The van der Waals surface area contributed by atoms with Gasteiger partial charge in [0.2, 0.25) is 0 Å². The average molecular weight is 181 g/mol. The number of hydrogen-bond acceptors (Lipinski definition) is 2. The Labute approximate surface area is 81.0 Å². The molecular formula is C11H19NO. The van der Waals surface area contributed by atoms with Crippen molar-refractivity contribution in [3.63, 3.8) is 0 Å². The summed E-state index contributed by atoms with van der Waals surface area (Å²) in [6.07, 6.45) is 3.74. The van der Waals surface area contributed by atoms with Crippen molar-refractivity contribution in [1.82, 2.24) is 5.32 Å². The minimum absolute atomic E-state index is 0.525. The molecule has 1 atom stereocenters. The molecule has 1 N–H and O–H groups in total. The maximum absolute atomic E-state index is 5.59. The summed E-state index contributed by atoms with van der Waals surface area (Å²) in [4.78, 5) is 0. The largest absolute Gasteiger partial charge is 0.474 e. The second-order valence-corrected chi connectivity index (χ2v) is 3.04. The van der Waals surface area contributed by atoms with Crippen LogP contribution in [-0.2, 0) is 4.74 Å². The van der Waals surface area contributed by atoms with E-state index in [4.69, 9.17) is 4.74 Å². The minimum Gasteiger partial charge on any atom is -0.474 e. The average Bonchev–Trinajstić information content (AvgIpc) is 2.05. The van der Waals surface area contributed by atoms with Gasteiger partial charge in [-0.25, -0.2) is 0 Å². The van der Waals surface area contributed by atoms with E-state index < -0.39 is 5.72 Å². The molecule has 0 radical (unpaired) electrons. The fourth-order valence-corrected chi connectivity index (χ4v) is 1.19. The summed E-state index contributed by atoms with van der Waals surface area (Å²) in [6.45, 7) is 13.2. The number of allylic oxidation sites excluding steroid dienone is 2. The highest BCUT2D eigenvalue weighted by Crippen LogP contribution is 2.21. The number of hydrogen-bond donors (Lipinski definition) is 1. The molecule has 0 fully saturated rings. The lowest BCUT2D eigenvalue weighted by molar-refractivity contribution is 0.0319. The Kier molecular flexibility index (Phi) is 4.49. The number of rotatable bonds is 5. The van der Waals surface area contributed by atoms with Crippen molar-refractivity contribution in [2.45, 2.75) is 26.5 Å². The van der Waals surface area contributed by atoms with E-state index in [2.05, 4.69) is 18.5 Å². The Bertz CT molecular complexity index is 230. The Hall–Kier alpha value is -1.02. The van der Waals surface area contributed by atoms with E-state index in [0.29, 0.717) is 5.76 Å². The lowest BCUT2D eigenvalue weighted by Crippen LogP contribution is -2.43. The Morgan fingerprint density at radius 1 is 1.54 bits per heavy atom. The molecule has 0 amide bonds. The van der Waals surface area contributed by atoms with Crippen LogP contribution in [0.1, 0.15) is 20.8 Å². The van der Waals surface area contributed by atoms with Gasteiger partial charge in [-0.1, -0.05) is 25.3 Å². The number of ether oxygens (including phenoxy) is 1. The molecule has 0 aliphatic rings. The van der Waals surface area contributed by atoms with Crippen molar-refractivity contribution in [3.05, 3.63) is 36.6 Å². The minimum atomic E-state index is -0.525. The molecule has 0 bridgehead atoms. The summed E-state index contributed by atoms with van der Waals surface area (Å²) in [5.41, 5.74) is 0.473. The van der Waals surface area contributed by atoms with Crippen LogP contribution in [0, 0.1) is 0 Å². The Balaban J connectivity index is 4.80. The van der Waals surface area contributed by atoms with Gasteiger partial charge in [0.05, 0.1) is 5.76 Å². The highest BCUT2D eigenvalue weighted by atomic mass is 16.5. The second kappa shape index (κ2) is 4.87. The molecule has 0 aliphatic heterocycles. The molecule has 0 saturated carbocycles. The van der Waals surface area contributed by atoms with Gasteiger partial charge in [-0.15, -0.1) is 0 Å². The predicted molar refractivity (Wildman–Crippen MR) is 57.3 cm³/mol. The van der Waals surface area contributed by atoms with E-state index in [9.17, 15) is 0 Å². The molecule has 0 aromatic carbocycles. The van der Waals surface area contributed by atoms with Gasteiger partial charge >= 0.3 is 0 Å². The third kappa shape index (κ3) is 3.07. The van der Waals surface area contributed by atoms with Gasteiger partial charge in [-0.2, -0.15) is 0 Å². The van der Waals surface area contributed by atoms with Crippen LogP contribution < -0.4 is 5.32 Å². The number of nitrogens with one attached hydrogen (secondary N) is 1. The first-order valence-electron chi connectivity index (χ1n) is 4.32. The summed E-state index contributed by atoms with van der Waals surface area (Å²) < 4.78 is 5.59. The molecular weight excluding hydrogens is 162 g/mol. The molecule has 13 heavy (non-hydrogen) atoms. The summed E-state index contributed by atoms with van der Waals surface area (Å²) in [6, 6.07) is 0. The lowest BCUT2D eigenvalue weighted by atomic mass is 10.0. The summed E-state index contributed by atoms with van der Waals surface area (Å²) in [5, 5.41) is 3.09. The molecule has 74 valence electrons. The van der Waals surface area contributed by atoms with Gasteiger partial charge in [-0.05, 0) is 27.8 Å². The molecule has 2 heteroatoms. The molecule has 0 spiro atoms. The molecule has 0 heterocycles. The van der Waals surface area contributed by atoms with Crippen molar-refractivity contribution in [2.24, 2.45) is 0 Å². The van der Waals surface area contributed by atoms with Crippen LogP contribution in [0.4, 0.5) is 0 Å². The highest BCUT2D eigenvalue weighted by molar-refractivity contribution is 5.25. The fraction of sp³-hybridized carbons (Fsp3) is 0.455. The summed E-state index contributed by atoms with van der Waals surface area (Å²) >= 11 is 0. The van der Waals surface area contributed by atoms with E-state index >= 15 is 0 Å². The monoisotopic (exact) mass is 181 g/mol. The Morgan fingerprint density at radius 3 is 2.31 bits per heavy atom. The van der Waals surface area contributed by atoms with Crippen LogP contribution in [0.3, 0.4) is 0 Å². The van der Waals surface area contributed by atoms with E-state index in [1.54, 1.807) is 6.08 Å². The van der Waals surface area contributed by atoms with E-state index in [-0.39, 0.29) is 0 Å². The van der Waals surface area contributed by atoms with Crippen LogP contribution in [0.15, 0.2) is 36.6 Å². The van der Waals surface area contributed by atoms with Gasteiger partial charge in [0.1, 0.15) is 0 Å². The third-order valence-corrected chi connectivity index (χ3v) is 1.94. The Morgan fingerprint density at radius 2 is 2.08 bits per heavy atom. The summed E-state index contributed by atoms with van der Waals surface area (Å²) in [5.74, 6) is 0.679. The van der Waals surface area contributed by atoms with E-state index in [1.165, 1.54) is 0 Å². The molecule has 1 unspecified atom stereocenters. The van der Waals surface area contributed by atoms with Crippen LogP contribution in [0.5, 0.6) is 0 Å². The predicted octanol–water partition coefficient (Wildman–Crippen LogP) is 2.60. The number of likely N-dealkylation sites (N-methyl/N-ethyl adjacent to an activating group) is 1. The van der Waals surface area contributed by atoms with Gasteiger partial charge in [0.15, 0.2) is 5.72 Å². The topological polar surface area (TPSA) is 21.3 Å². The lowest BCUT2D eigenvalue weighted by Gasteiger charge is -2.31. The third-order valence-electron chi connectivity index (χ3n) is 1.94. The second-order valence-electron chi connectivity index (χ2n) is 3.04. The van der Waals surface area contributed by atoms with Gasteiger partial charge in [0.25, 0.3) is 0 Å². The zero-order chi connectivity index (χ0) is 10.5. The molecule has 2 nitrogen and oxygen atoms in total. The quantitative estimate of drug-likeness (QED) is 0.400. The van der Waals surface area contributed by atoms with Crippen LogP contribution in [0.2, 0.25) is 0 Å². The zero-order valence-corrected chi connectivity index (χ0v) is 8.98. The van der Waals surface area contributed by atoms with Crippen molar-refractivity contribution < 1.29 is 4.74 Å². The van der Waals surface area contributed by atoms with Crippen LogP contribution in [-0.4, -0.2) is 12.8 Å². The first-order valence-corrected chi connectivity index (χ1v) is 4.32. The maximum Gasteiger partial charge on any atom is 0.183 e. The fourth-order valence-electron chi connectivity index (χ4n) is 1.19.